The Kier molecular flexibility index (Phi) is 7.69. The van der Waals surface area contributed by atoms with Crippen LogP contribution in [0.3, 0.4) is 0 Å². The number of aryl methyl sites for hydroxylation is 2. The highest BCUT2D eigenvalue weighted by molar-refractivity contribution is 7.80. The first kappa shape index (κ1) is 30.1. The van der Waals surface area contributed by atoms with Crippen molar-refractivity contribution >= 4 is 41.1 Å². The van der Waals surface area contributed by atoms with E-state index < -0.39 is 34.6 Å². The van der Waals surface area contributed by atoms with Crippen molar-refractivity contribution < 1.29 is 39.5 Å². The number of aromatic carboxylic acids is 1. The van der Waals surface area contributed by atoms with Crippen LogP contribution in [0.25, 0.3) is 11.1 Å². The maximum Gasteiger partial charge on any atom is 0.340 e. The summed E-state index contributed by atoms with van der Waals surface area (Å²) in [4.78, 5) is 39.9. The molecule has 0 spiro atoms. The van der Waals surface area contributed by atoms with Crippen molar-refractivity contribution in [2.75, 3.05) is 7.11 Å². The number of hydrazone groups is 1. The number of nitrogens with zero attached hydrogens (tertiary/aromatic N) is 1. The molecule has 11 nitrogen and oxygen atoms in total. The third-order valence-corrected chi connectivity index (χ3v) is 9.05. The van der Waals surface area contributed by atoms with E-state index in [-0.39, 0.29) is 62.9 Å². The number of nitrogens with one attached hydrogen (secondary N) is 2. The number of ether oxygens (including phenoxy) is 1. The molecule has 12 heteroatoms. The number of carbonyl (C=O) groups excluding carboxylic acids is 2. The fourth-order valence-electron chi connectivity index (χ4n) is 6.71. The van der Waals surface area contributed by atoms with Crippen molar-refractivity contribution in [2.45, 2.75) is 57.9 Å². The van der Waals surface area contributed by atoms with Gasteiger partial charge >= 0.3 is 5.97 Å². The number of thiocarbonyl (C=S) groups is 1. The average molecular weight is 630 g/mol. The molecule has 232 valence electrons. The van der Waals surface area contributed by atoms with Gasteiger partial charge in [0, 0.05) is 39.4 Å². The summed E-state index contributed by atoms with van der Waals surface area (Å²) >= 11 is 5.34. The molecule has 0 bridgehead atoms. The molecule has 0 radical (unpaired) electrons. The third kappa shape index (κ3) is 4.95. The van der Waals surface area contributed by atoms with E-state index in [4.69, 9.17) is 17.0 Å². The quantitative estimate of drug-likeness (QED) is 0.104. The summed E-state index contributed by atoms with van der Waals surface area (Å²) in [6, 6.07) is 4.40. The minimum Gasteiger partial charge on any atom is -0.508 e. The molecule has 0 atom stereocenters. The van der Waals surface area contributed by atoms with Crippen molar-refractivity contribution in [3.63, 3.8) is 0 Å². The van der Waals surface area contributed by atoms with Gasteiger partial charge in [-0.3, -0.25) is 15.0 Å². The Morgan fingerprint density at radius 2 is 1.64 bits per heavy atom. The van der Waals surface area contributed by atoms with Crippen LogP contribution in [0.15, 0.2) is 23.3 Å². The summed E-state index contributed by atoms with van der Waals surface area (Å²) in [7, 11) is 1.33. The average Bonchev–Trinajstić information content (AvgIpc) is 3.00. The topological polar surface area (TPSA) is 178 Å². The maximum absolute atomic E-state index is 13.7. The number of hydrogen-bond acceptors (Lipinski definition) is 9. The van der Waals surface area contributed by atoms with E-state index in [0.29, 0.717) is 28.2 Å². The number of fused-ring (bicyclic) bond motifs is 5. The van der Waals surface area contributed by atoms with Gasteiger partial charge in [0.25, 0.3) is 0 Å². The lowest BCUT2D eigenvalue weighted by Crippen LogP contribution is -2.40. The van der Waals surface area contributed by atoms with Crippen LogP contribution in [-0.4, -0.2) is 62.4 Å². The summed E-state index contributed by atoms with van der Waals surface area (Å²) in [5.74, 6) is -4.07. The lowest BCUT2D eigenvalue weighted by molar-refractivity contribution is 0.0693. The Hall–Kier alpha value is -4.97. The SMILES string of the molecule is COc1c2c(c(O)c3c1C(=O)c1cc(C)c(O)cc1C3=O)-c1c(cc(/C=N/NC(=S)NC3CCCCC3)c(C(=O)O)c1O)CC2. The fraction of sp³-hybridized carbons (Fsp3) is 0.303. The molecule has 3 aliphatic carbocycles. The number of aromatic hydroxyl groups is 3. The number of carboxylic acids is 1. The van der Waals surface area contributed by atoms with Crippen molar-refractivity contribution in [2.24, 2.45) is 5.10 Å². The van der Waals surface area contributed by atoms with Gasteiger partial charge < -0.3 is 30.5 Å². The van der Waals surface area contributed by atoms with Crippen molar-refractivity contribution in [1.29, 1.82) is 0 Å². The fourth-order valence-corrected chi connectivity index (χ4v) is 6.93. The second-order valence-electron chi connectivity index (χ2n) is 11.5. The van der Waals surface area contributed by atoms with Crippen LogP contribution in [-0.2, 0) is 12.8 Å². The van der Waals surface area contributed by atoms with Crippen LogP contribution in [0.5, 0.6) is 23.0 Å². The van der Waals surface area contributed by atoms with Gasteiger partial charge in [0.2, 0.25) is 0 Å². The summed E-state index contributed by atoms with van der Waals surface area (Å²) in [6.45, 7) is 1.60. The first-order chi connectivity index (χ1) is 21.5. The molecule has 1 saturated carbocycles. The number of phenols is 3. The van der Waals surface area contributed by atoms with Crippen molar-refractivity contribution in [3.8, 4) is 34.1 Å². The van der Waals surface area contributed by atoms with E-state index >= 15 is 0 Å². The molecule has 0 heterocycles. The Bertz CT molecular complexity index is 1860. The predicted molar refractivity (Wildman–Crippen MR) is 169 cm³/mol. The van der Waals surface area contributed by atoms with Gasteiger partial charge in [-0.2, -0.15) is 5.10 Å². The highest BCUT2D eigenvalue weighted by Crippen LogP contribution is 2.53. The monoisotopic (exact) mass is 629 g/mol. The lowest BCUT2D eigenvalue weighted by Gasteiger charge is -2.30. The molecule has 0 saturated heterocycles. The number of phenolic OH excluding ortho intramolecular Hbond substituents is 2. The van der Waals surface area contributed by atoms with E-state index in [1.807, 2.05) is 0 Å². The standard InChI is InChI=1S/C33H31N3O8S/c1-14-10-19-20(12-21(14)37)27(38)25-26(28(19)39)31(44-2)18-9-8-15-11-16(13-34-36-33(45)35-17-6-4-3-5-7-17)23(32(42)43)29(40)22(15)24(18)30(25)41/h10-13,17,37,40-41H,3-9H2,1-2H3,(H,42,43)(H2,35,36,45)/b34-13+. The molecular formula is C33H31N3O8S. The van der Waals surface area contributed by atoms with E-state index in [2.05, 4.69) is 15.8 Å². The zero-order valence-corrected chi connectivity index (χ0v) is 25.4. The van der Waals surface area contributed by atoms with E-state index in [1.54, 1.807) is 13.0 Å². The maximum atomic E-state index is 13.7. The van der Waals surface area contributed by atoms with Crippen LogP contribution >= 0.6 is 12.2 Å². The van der Waals surface area contributed by atoms with Gasteiger partial charge in [-0.25, -0.2) is 4.79 Å². The van der Waals surface area contributed by atoms with Crippen LogP contribution in [0.4, 0.5) is 0 Å². The van der Waals surface area contributed by atoms with Crippen LogP contribution in [0, 0.1) is 6.92 Å². The zero-order valence-electron chi connectivity index (χ0n) is 24.6. The molecule has 0 amide bonds. The number of hydrogen-bond donors (Lipinski definition) is 6. The molecular weight excluding hydrogens is 598 g/mol. The van der Waals surface area contributed by atoms with Gasteiger partial charge in [0.05, 0.1) is 24.5 Å². The smallest absolute Gasteiger partial charge is 0.340 e. The Morgan fingerprint density at radius 1 is 0.956 bits per heavy atom. The molecule has 1 fully saturated rings. The molecule has 3 aliphatic rings. The van der Waals surface area contributed by atoms with Crippen LogP contribution in [0.1, 0.15) is 96.6 Å². The second-order valence-corrected chi connectivity index (χ2v) is 11.9. The molecule has 6 rings (SSSR count). The van der Waals surface area contributed by atoms with Crippen LogP contribution in [0.2, 0.25) is 0 Å². The normalized spacial score (nSPS) is 15.6. The van der Waals surface area contributed by atoms with Gasteiger partial charge in [0.1, 0.15) is 28.6 Å². The number of ketones is 2. The minimum absolute atomic E-state index is 0.00672. The molecule has 3 aromatic carbocycles. The lowest BCUT2D eigenvalue weighted by atomic mass is 9.75. The summed E-state index contributed by atoms with van der Waals surface area (Å²) in [6.07, 6.45) is 7.25. The summed E-state index contributed by atoms with van der Waals surface area (Å²) < 4.78 is 5.66. The first-order valence-corrected chi connectivity index (χ1v) is 15.0. The van der Waals surface area contributed by atoms with E-state index in [0.717, 1.165) is 25.7 Å². The Balaban J connectivity index is 1.45. The van der Waals surface area contributed by atoms with Gasteiger partial charge in [-0.15, -0.1) is 0 Å². The van der Waals surface area contributed by atoms with Crippen LogP contribution < -0.4 is 15.5 Å². The van der Waals surface area contributed by atoms with Gasteiger partial charge in [0.15, 0.2) is 16.7 Å². The van der Waals surface area contributed by atoms with Crippen molar-refractivity contribution in [1.82, 2.24) is 10.7 Å². The largest absolute Gasteiger partial charge is 0.508 e. The molecule has 0 unspecified atom stereocenters. The van der Waals surface area contributed by atoms with E-state index in [9.17, 15) is 34.8 Å². The Morgan fingerprint density at radius 3 is 2.33 bits per heavy atom. The first-order valence-electron chi connectivity index (χ1n) is 14.6. The molecule has 6 N–H and O–H groups in total. The Labute approximate surface area is 263 Å². The zero-order chi connectivity index (χ0) is 32.2. The number of carboxylic acid groups (broad SMARTS) is 1. The van der Waals surface area contributed by atoms with Gasteiger partial charge in [-0.05, 0) is 74.2 Å². The highest BCUT2D eigenvalue weighted by atomic mass is 32.1. The number of methoxy groups -OCH3 is 1. The van der Waals surface area contributed by atoms with Crippen molar-refractivity contribution in [3.05, 3.63) is 68.3 Å². The number of benzene rings is 3. The summed E-state index contributed by atoms with van der Waals surface area (Å²) in [5, 5.41) is 51.1. The molecule has 0 aromatic heterocycles. The predicted octanol–water partition coefficient (Wildman–Crippen LogP) is 4.49. The third-order valence-electron chi connectivity index (χ3n) is 8.84. The van der Waals surface area contributed by atoms with E-state index in [1.165, 1.54) is 31.9 Å². The minimum atomic E-state index is -1.44. The number of carbonyl (C=O) groups is 3. The molecule has 45 heavy (non-hydrogen) atoms. The summed E-state index contributed by atoms with van der Waals surface area (Å²) in [5.41, 5.74) is 3.14. The molecule has 0 aliphatic heterocycles. The number of rotatable bonds is 5. The molecule has 3 aromatic rings. The highest BCUT2D eigenvalue weighted by Gasteiger charge is 2.41. The second kappa shape index (κ2) is 11.5. The van der Waals surface area contributed by atoms with Gasteiger partial charge in [-0.1, -0.05) is 19.3 Å².